The molecule has 5 heterocycles. The third-order valence-corrected chi connectivity index (χ3v) is 9.19. The lowest BCUT2D eigenvalue weighted by Crippen LogP contribution is -2.62. The van der Waals surface area contributed by atoms with Crippen LogP contribution in [0.15, 0.2) is 52.1 Å². The van der Waals surface area contributed by atoms with Gasteiger partial charge in [-0.05, 0) is 35.8 Å². The molecule has 27 heavy (non-hydrogen) atoms. The molecule has 2 aromatic rings. The maximum Gasteiger partial charge on any atom is 0.352 e. The van der Waals surface area contributed by atoms with Gasteiger partial charge >= 0.3 is 11.4 Å². The van der Waals surface area contributed by atoms with E-state index in [0.29, 0.717) is 29.4 Å². The van der Waals surface area contributed by atoms with Crippen molar-refractivity contribution in [3.63, 3.8) is 0 Å². The Morgan fingerprint density at radius 2 is 1.33 bits per heavy atom. The predicted molar refractivity (Wildman–Crippen MR) is 90.1 cm³/mol. The Morgan fingerprint density at radius 1 is 0.778 bits per heavy atom. The lowest BCUT2D eigenvalue weighted by atomic mass is 9.64. The molecule has 0 amide bonds. The topological polar surface area (TPSA) is 67.4 Å². The normalized spacial score (nSPS) is 54.8. The number of hydrogen-bond donors (Lipinski definition) is 0. The van der Waals surface area contributed by atoms with E-state index in [2.05, 4.69) is 12.2 Å². The first-order valence-corrected chi connectivity index (χ1v) is 9.77. The summed E-state index contributed by atoms with van der Waals surface area (Å²) in [6.45, 7) is 0. The van der Waals surface area contributed by atoms with Gasteiger partial charge in [-0.1, -0.05) is 30.4 Å². The summed E-state index contributed by atoms with van der Waals surface area (Å²) >= 11 is 0. The van der Waals surface area contributed by atoms with E-state index in [0.717, 1.165) is 0 Å². The van der Waals surface area contributed by atoms with E-state index in [1.54, 1.807) is 0 Å². The molecule has 5 aliphatic carbocycles. The molecule has 4 aliphatic heterocycles. The van der Waals surface area contributed by atoms with E-state index in [9.17, 15) is 9.59 Å². The SMILES string of the molecule is O=c1n(-c2ccccc2)c(=O)n2n1[C@H]1[C@H]3C4C5[C@@]16[C@H]1C=C[C@@H](OO1)[C@]56[C@@H]2[C@@H]43. The highest BCUT2D eigenvalue weighted by molar-refractivity contribution is 5.55. The van der Waals surface area contributed by atoms with Crippen molar-refractivity contribution in [3.05, 3.63) is 63.5 Å². The molecule has 4 saturated carbocycles. The molecule has 2 unspecified atom stereocenters. The van der Waals surface area contributed by atoms with Gasteiger partial charge in [0.05, 0.1) is 17.8 Å². The van der Waals surface area contributed by atoms with Crippen molar-refractivity contribution in [2.45, 2.75) is 24.3 Å². The van der Waals surface area contributed by atoms with Crippen LogP contribution >= 0.6 is 0 Å². The van der Waals surface area contributed by atoms with Gasteiger partial charge in [0, 0.05) is 10.8 Å². The fourth-order valence-electron chi connectivity index (χ4n) is 8.98. The fourth-order valence-corrected chi connectivity index (χ4v) is 8.98. The van der Waals surface area contributed by atoms with Crippen molar-refractivity contribution in [1.29, 1.82) is 0 Å². The van der Waals surface area contributed by atoms with Gasteiger partial charge in [-0.2, -0.15) is 0 Å². The zero-order chi connectivity index (χ0) is 17.4. The van der Waals surface area contributed by atoms with Gasteiger partial charge in [-0.25, -0.2) is 33.3 Å². The number of fused-ring (bicyclic) bond motifs is 1. The number of hydrogen-bond acceptors (Lipinski definition) is 4. The Labute approximate surface area is 152 Å². The van der Waals surface area contributed by atoms with Gasteiger partial charge in [0.25, 0.3) is 0 Å². The quantitative estimate of drug-likeness (QED) is 0.553. The molecule has 1 aromatic heterocycles. The highest BCUT2D eigenvalue weighted by atomic mass is 17.2. The highest BCUT2D eigenvalue weighted by Crippen LogP contribution is 3.05. The summed E-state index contributed by atoms with van der Waals surface area (Å²) in [6.07, 6.45) is 4.08. The van der Waals surface area contributed by atoms with Gasteiger partial charge < -0.3 is 0 Å². The second-order valence-corrected chi connectivity index (χ2v) is 9.31. The van der Waals surface area contributed by atoms with E-state index >= 15 is 0 Å². The van der Waals surface area contributed by atoms with Crippen LogP contribution in [0.1, 0.15) is 12.1 Å². The molecule has 134 valence electrons. The molecule has 7 heteroatoms. The van der Waals surface area contributed by atoms with Gasteiger partial charge in [-0.3, -0.25) is 0 Å². The van der Waals surface area contributed by atoms with Crippen LogP contribution in [-0.4, -0.2) is 26.1 Å². The number of para-hydroxylation sites is 1. The third-order valence-electron chi connectivity index (χ3n) is 9.19. The van der Waals surface area contributed by atoms with Gasteiger partial charge in [0.1, 0.15) is 12.2 Å². The van der Waals surface area contributed by atoms with Gasteiger partial charge in [0.2, 0.25) is 0 Å². The summed E-state index contributed by atoms with van der Waals surface area (Å²) < 4.78 is 4.97. The largest absolute Gasteiger partial charge is 0.352 e. The van der Waals surface area contributed by atoms with Crippen LogP contribution in [0.2, 0.25) is 0 Å². The van der Waals surface area contributed by atoms with Crippen molar-refractivity contribution in [1.82, 2.24) is 13.9 Å². The lowest BCUT2D eigenvalue weighted by molar-refractivity contribution is -0.403. The molecule has 4 bridgehead atoms. The summed E-state index contributed by atoms with van der Waals surface area (Å²) in [5.41, 5.74) is 0.152. The van der Waals surface area contributed by atoms with E-state index < -0.39 is 0 Å². The molecule has 7 nitrogen and oxygen atoms in total. The summed E-state index contributed by atoms with van der Waals surface area (Å²) in [5, 5.41) is 0. The summed E-state index contributed by atoms with van der Waals surface area (Å²) in [7, 11) is 0. The Kier molecular flexibility index (Phi) is 1.57. The van der Waals surface area contributed by atoms with Gasteiger partial charge in [0.15, 0.2) is 0 Å². The van der Waals surface area contributed by atoms with Crippen molar-refractivity contribution < 1.29 is 9.78 Å². The Morgan fingerprint density at radius 3 is 1.85 bits per heavy atom. The van der Waals surface area contributed by atoms with E-state index in [1.807, 2.05) is 39.7 Å². The zero-order valence-corrected chi connectivity index (χ0v) is 14.1. The molecule has 10 atom stereocenters. The number of rotatable bonds is 1. The summed E-state index contributed by atoms with van der Waals surface area (Å²) in [6, 6.07) is 9.39. The average molecular weight is 361 g/mol. The monoisotopic (exact) mass is 361 g/mol. The number of benzene rings is 1. The Balaban J connectivity index is 1.41. The summed E-state index contributed by atoms with van der Waals surface area (Å²) in [4.78, 5) is 38.4. The molecule has 1 aromatic carbocycles. The van der Waals surface area contributed by atoms with Crippen LogP contribution in [0.5, 0.6) is 0 Å². The summed E-state index contributed by atoms with van der Waals surface area (Å²) in [5.74, 6) is 2.22. The minimum Gasteiger partial charge on any atom is -0.245 e. The highest BCUT2D eigenvalue weighted by Gasteiger charge is 3.07. The molecule has 0 radical (unpaired) electrons. The molecular weight excluding hydrogens is 346 g/mol. The molecule has 9 aliphatic rings. The van der Waals surface area contributed by atoms with E-state index in [4.69, 9.17) is 9.78 Å². The number of aromatic nitrogens is 3. The first kappa shape index (κ1) is 12.9. The second-order valence-electron chi connectivity index (χ2n) is 9.31. The molecule has 2 spiro atoms. The molecule has 5 fully saturated rings. The maximum atomic E-state index is 13.5. The number of nitrogens with zero attached hydrogens (tertiary/aromatic N) is 3. The maximum absolute atomic E-state index is 13.5. The predicted octanol–water partition coefficient (Wildman–Crippen LogP) is 0.657. The third kappa shape index (κ3) is 0.870. The van der Waals surface area contributed by atoms with Crippen LogP contribution < -0.4 is 11.4 Å². The molecule has 11 rings (SSSR count). The van der Waals surface area contributed by atoms with Crippen LogP contribution in [0.4, 0.5) is 0 Å². The van der Waals surface area contributed by atoms with Crippen LogP contribution in [0, 0.1) is 34.5 Å². The lowest BCUT2D eigenvalue weighted by Gasteiger charge is -2.55. The molecular formula is C20H15N3O4. The van der Waals surface area contributed by atoms with E-state index in [-0.39, 0.29) is 46.5 Å². The minimum atomic E-state index is -0.202. The fraction of sp³-hybridized carbons (Fsp3) is 0.500. The first-order chi connectivity index (χ1) is 13.3. The van der Waals surface area contributed by atoms with Crippen LogP contribution in [0.3, 0.4) is 0 Å². The van der Waals surface area contributed by atoms with Crippen molar-refractivity contribution in [2.24, 2.45) is 34.5 Å². The van der Waals surface area contributed by atoms with E-state index in [1.165, 1.54) is 4.57 Å². The average Bonchev–Trinajstić information content (AvgIpc) is 3.50. The molecule has 1 saturated heterocycles. The second kappa shape index (κ2) is 3.29. The smallest absolute Gasteiger partial charge is 0.245 e. The first-order valence-electron chi connectivity index (χ1n) is 9.77. The molecule has 0 N–H and O–H groups in total. The van der Waals surface area contributed by atoms with Crippen molar-refractivity contribution in [3.8, 4) is 5.69 Å². The Hall–Kier alpha value is -2.38. The van der Waals surface area contributed by atoms with Crippen molar-refractivity contribution in [2.75, 3.05) is 0 Å². The zero-order valence-electron chi connectivity index (χ0n) is 14.1. The van der Waals surface area contributed by atoms with Crippen LogP contribution in [-0.2, 0) is 9.78 Å². The standard InChI is InChI=1S/C20H15N3O4/c24-17-21(8-4-2-1-3-5-8)18(25)23-16-13-11-12(13)15(22(17)23)19-9-6-7-10(27-26-9)20(16,19)14(11)19/h1-7,9-16H/t9-,10-,11?,12+,13+,14?,15+,16+,19-,20+/m1/s1. The minimum absolute atomic E-state index is 0.0431. The Bertz CT molecular complexity index is 1180. The van der Waals surface area contributed by atoms with Crippen molar-refractivity contribution >= 4 is 0 Å². The van der Waals surface area contributed by atoms with Gasteiger partial charge in [-0.15, -0.1) is 0 Å². The van der Waals surface area contributed by atoms with Crippen LogP contribution in [0.25, 0.3) is 5.69 Å².